The van der Waals surface area contributed by atoms with E-state index in [2.05, 4.69) is 10.4 Å². The Labute approximate surface area is 113 Å². The van der Waals surface area contributed by atoms with Crippen LogP contribution in [0.3, 0.4) is 0 Å². The first kappa shape index (κ1) is 13.7. The van der Waals surface area contributed by atoms with Gasteiger partial charge in [0.1, 0.15) is 11.4 Å². The Balaban J connectivity index is 2.33. The molecular formula is C13H12FN3O3. The lowest BCUT2D eigenvalue weighted by Gasteiger charge is -2.07. The maximum Gasteiger partial charge on any atom is 0.339 e. The molecule has 0 saturated heterocycles. The summed E-state index contributed by atoms with van der Waals surface area (Å²) in [4.78, 5) is 23.1. The topological polar surface area (TPSA) is 84.2 Å². The minimum absolute atomic E-state index is 0.209. The highest BCUT2D eigenvalue weighted by Crippen LogP contribution is 2.17. The summed E-state index contributed by atoms with van der Waals surface area (Å²) in [5.41, 5.74) is 0.507. The van der Waals surface area contributed by atoms with E-state index in [-0.39, 0.29) is 16.9 Å². The zero-order valence-corrected chi connectivity index (χ0v) is 10.8. The number of hydrogen-bond donors (Lipinski definition) is 2. The monoisotopic (exact) mass is 277 g/mol. The maximum absolute atomic E-state index is 13.1. The minimum Gasteiger partial charge on any atom is -0.478 e. The summed E-state index contributed by atoms with van der Waals surface area (Å²) in [6.45, 7) is 1.70. The van der Waals surface area contributed by atoms with E-state index in [0.717, 1.165) is 6.07 Å². The lowest BCUT2D eigenvalue weighted by atomic mass is 10.2. The van der Waals surface area contributed by atoms with Gasteiger partial charge in [-0.1, -0.05) is 6.07 Å². The van der Waals surface area contributed by atoms with Crippen LogP contribution in [0.2, 0.25) is 0 Å². The van der Waals surface area contributed by atoms with Gasteiger partial charge in [-0.15, -0.1) is 0 Å². The molecule has 2 N–H and O–H groups in total. The largest absolute Gasteiger partial charge is 0.478 e. The number of benzene rings is 1. The number of amides is 1. The highest BCUT2D eigenvalue weighted by Gasteiger charge is 2.21. The molecule has 0 bridgehead atoms. The van der Waals surface area contributed by atoms with Crippen LogP contribution in [0.15, 0.2) is 24.4 Å². The van der Waals surface area contributed by atoms with E-state index in [4.69, 9.17) is 5.11 Å². The molecule has 20 heavy (non-hydrogen) atoms. The Morgan fingerprint density at radius 1 is 1.40 bits per heavy atom. The molecule has 1 heterocycles. The van der Waals surface area contributed by atoms with Gasteiger partial charge in [-0.25, -0.2) is 9.18 Å². The molecule has 0 saturated carbocycles. The van der Waals surface area contributed by atoms with Gasteiger partial charge in [-0.2, -0.15) is 5.10 Å². The molecule has 2 aromatic rings. The molecular weight excluding hydrogens is 265 g/mol. The van der Waals surface area contributed by atoms with Gasteiger partial charge in [0.05, 0.1) is 0 Å². The zero-order chi connectivity index (χ0) is 14.9. The van der Waals surface area contributed by atoms with Crippen molar-refractivity contribution in [2.75, 3.05) is 5.32 Å². The highest BCUT2D eigenvalue weighted by molar-refractivity contribution is 6.09. The number of aryl methyl sites for hydroxylation is 2. The fourth-order valence-corrected chi connectivity index (χ4v) is 1.72. The summed E-state index contributed by atoms with van der Waals surface area (Å²) >= 11 is 0. The standard InChI is InChI=1S/C13H12FN3O3/c1-7-3-4-8(14)5-10(7)15-12(18)11-9(13(19)20)6-17(2)16-11/h3-6H,1-2H3,(H,15,18)(H,19,20). The number of anilines is 1. The van der Waals surface area contributed by atoms with E-state index >= 15 is 0 Å². The van der Waals surface area contributed by atoms with Crippen LogP contribution in [0.1, 0.15) is 26.4 Å². The van der Waals surface area contributed by atoms with Crippen LogP contribution < -0.4 is 5.32 Å². The van der Waals surface area contributed by atoms with Crippen molar-refractivity contribution in [3.8, 4) is 0 Å². The molecule has 6 nitrogen and oxygen atoms in total. The van der Waals surface area contributed by atoms with E-state index in [1.807, 2.05) is 0 Å². The molecule has 2 rings (SSSR count). The summed E-state index contributed by atoms with van der Waals surface area (Å²) in [7, 11) is 1.51. The number of carboxylic acids is 1. The summed E-state index contributed by atoms with van der Waals surface area (Å²) in [5.74, 6) is -2.44. The predicted octanol–water partition coefficient (Wildman–Crippen LogP) is 1.82. The summed E-state index contributed by atoms with van der Waals surface area (Å²) in [6.07, 6.45) is 1.23. The van der Waals surface area contributed by atoms with E-state index in [1.165, 1.54) is 30.1 Å². The molecule has 0 aliphatic carbocycles. The highest BCUT2D eigenvalue weighted by atomic mass is 19.1. The van der Waals surface area contributed by atoms with Gasteiger partial charge in [0.2, 0.25) is 0 Å². The number of hydrogen-bond acceptors (Lipinski definition) is 3. The maximum atomic E-state index is 13.1. The normalized spacial score (nSPS) is 10.3. The molecule has 1 aromatic carbocycles. The molecule has 0 aliphatic rings. The van der Waals surface area contributed by atoms with Crippen molar-refractivity contribution in [2.45, 2.75) is 6.92 Å². The smallest absolute Gasteiger partial charge is 0.339 e. The van der Waals surface area contributed by atoms with Crippen molar-refractivity contribution in [2.24, 2.45) is 7.05 Å². The van der Waals surface area contributed by atoms with Crippen LogP contribution in [0.25, 0.3) is 0 Å². The molecule has 0 radical (unpaired) electrons. The van der Waals surface area contributed by atoms with E-state index in [9.17, 15) is 14.0 Å². The first-order valence-electron chi connectivity index (χ1n) is 5.73. The van der Waals surface area contributed by atoms with Crippen molar-refractivity contribution >= 4 is 17.6 Å². The number of nitrogens with one attached hydrogen (secondary N) is 1. The Bertz CT molecular complexity index is 694. The van der Waals surface area contributed by atoms with Gasteiger partial charge in [0, 0.05) is 18.9 Å². The summed E-state index contributed by atoms with van der Waals surface area (Å²) in [6, 6.07) is 3.95. The van der Waals surface area contributed by atoms with Crippen LogP contribution in [-0.2, 0) is 7.05 Å². The second-order valence-corrected chi connectivity index (χ2v) is 4.28. The Morgan fingerprint density at radius 2 is 2.10 bits per heavy atom. The predicted molar refractivity (Wildman–Crippen MR) is 69.3 cm³/mol. The molecule has 0 fully saturated rings. The first-order chi connectivity index (χ1) is 9.38. The van der Waals surface area contributed by atoms with Gasteiger partial charge in [-0.3, -0.25) is 9.48 Å². The van der Waals surface area contributed by atoms with E-state index < -0.39 is 17.7 Å². The third-order valence-corrected chi connectivity index (χ3v) is 2.72. The second kappa shape index (κ2) is 5.12. The number of carboxylic acid groups (broad SMARTS) is 1. The lowest BCUT2D eigenvalue weighted by Crippen LogP contribution is -2.17. The average Bonchev–Trinajstić information content (AvgIpc) is 2.76. The molecule has 104 valence electrons. The van der Waals surface area contributed by atoms with Gasteiger partial charge in [0.25, 0.3) is 5.91 Å². The van der Waals surface area contributed by atoms with Crippen LogP contribution in [-0.4, -0.2) is 26.8 Å². The van der Waals surface area contributed by atoms with Crippen LogP contribution >= 0.6 is 0 Å². The van der Waals surface area contributed by atoms with Gasteiger partial charge >= 0.3 is 5.97 Å². The zero-order valence-electron chi connectivity index (χ0n) is 10.8. The quantitative estimate of drug-likeness (QED) is 0.896. The van der Waals surface area contributed by atoms with E-state index in [0.29, 0.717) is 5.56 Å². The molecule has 0 spiro atoms. The van der Waals surface area contributed by atoms with Crippen molar-refractivity contribution in [1.82, 2.24) is 9.78 Å². The van der Waals surface area contributed by atoms with Crippen LogP contribution in [0, 0.1) is 12.7 Å². The fourth-order valence-electron chi connectivity index (χ4n) is 1.72. The number of halogens is 1. The van der Waals surface area contributed by atoms with Gasteiger partial charge in [0.15, 0.2) is 5.69 Å². The van der Waals surface area contributed by atoms with Crippen LogP contribution in [0.4, 0.5) is 10.1 Å². The Kier molecular flexibility index (Phi) is 3.51. The molecule has 0 unspecified atom stereocenters. The molecule has 0 aliphatic heterocycles. The summed E-state index contributed by atoms with van der Waals surface area (Å²) < 4.78 is 14.4. The van der Waals surface area contributed by atoms with Crippen molar-refractivity contribution in [3.05, 3.63) is 47.0 Å². The molecule has 1 aromatic heterocycles. The average molecular weight is 277 g/mol. The number of aromatic nitrogens is 2. The van der Waals surface area contributed by atoms with Gasteiger partial charge in [-0.05, 0) is 24.6 Å². The number of carbonyl (C=O) groups excluding carboxylic acids is 1. The van der Waals surface area contributed by atoms with Crippen molar-refractivity contribution in [1.29, 1.82) is 0 Å². The number of aromatic carboxylic acids is 1. The SMILES string of the molecule is Cc1ccc(F)cc1NC(=O)c1nn(C)cc1C(=O)O. The van der Waals surface area contributed by atoms with Crippen molar-refractivity contribution < 1.29 is 19.1 Å². The lowest BCUT2D eigenvalue weighted by molar-refractivity contribution is 0.0692. The third kappa shape index (κ3) is 2.66. The minimum atomic E-state index is -1.25. The number of nitrogens with zero attached hydrogens (tertiary/aromatic N) is 2. The molecule has 7 heteroatoms. The molecule has 1 amide bonds. The molecule has 0 atom stereocenters. The number of carbonyl (C=O) groups is 2. The van der Waals surface area contributed by atoms with Crippen LogP contribution in [0.5, 0.6) is 0 Å². The number of rotatable bonds is 3. The second-order valence-electron chi connectivity index (χ2n) is 4.28. The summed E-state index contributed by atoms with van der Waals surface area (Å²) in [5, 5.41) is 15.3. The van der Waals surface area contributed by atoms with Gasteiger partial charge < -0.3 is 10.4 Å². The van der Waals surface area contributed by atoms with E-state index in [1.54, 1.807) is 6.92 Å². The van der Waals surface area contributed by atoms with Crippen molar-refractivity contribution in [3.63, 3.8) is 0 Å². The first-order valence-corrected chi connectivity index (χ1v) is 5.73. The Morgan fingerprint density at radius 3 is 2.75 bits per heavy atom. The fraction of sp³-hybridized carbons (Fsp3) is 0.154. The Hall–Kier alpha value is -2.70. The third-order valence-electron chi connectivity index (χ3n) is 2.72.